The fourth-order valence-corrected chi connectivity index (χ4v) is 1.41. The number of aromatic nitrogens is 2. The average molecular weight is 188 g/mol. The Kier molecular flexibility index (Phi) is 2.31. The van der Waals surface area contributed by atoms with Gasteiger partial charge in [-0.1, -0.05) is 6.07 Å². The Labute approximate surface area is 82.4 Å². The summed E-state index contributed by atoms with van der Waals surface area (Å²) >= 11 is 0. The van der Waals surface area contributed by atoms with E-state index in [9.17, 15) is 4.79 Å². The van der Waals surface area contributed by atoms with Crippen LogP contribution in [0.2, 0.25) is 0 Å². The maximum atomic E-state index is 10.8. The number of carbonyl (C=O) groups is 1. The van der Waals surface area contributed by atoms with E-state index in [4.69, 9.17) is 0 Å². The lowest BCUT2D eigenvalue weighted by atomic mass is 10.2. The molecule has 0 atom stereocenters. The third-order valence-corrected chi connectivity index (χ3v) is 2.15. The number of hydrogen-bond donors (Lipinski definition) is 0. The Morgan fingerprint density at radius 1 is 1.50 bits per heavy atom. The third kappa shape index (κ3) is 1.82. The van der Waals surface area contributed by atoms with Gasteiger partial charge in [0.2, 0.25) is 0 Å². The maximum absolute atomic E-state index is 10.8. The van der Waals surface area contributed by atoms with Crippen LogP contribution < -0.4 is 0 Å². The summed E-state index contributed by atoms with van der Waals surface area (Å²) in [6.07, 6.45) is 5.23. The second kappa shape index (κ2) is 3.62. The summed E-state index contributed by atoms with van der Waals surface area (Å²) in [7, 11) is 0. The van der Waals surface area contributed by atoms with Crippen LogP contribution in [0.4, 0.5) is 0 Å². The highest BCUT2D eigenvalue weighted by atomic mass is 16.1. The van der Waals surface area contributed by atoms with Gasteiger partial charge in [-0.25, -0.2) is 4.98 Å². The van der Waals surface area contributed by atoms with Crippen LogP contribution in [-0.2, 0) is 11.2 Å². The number of pyridine rings is 1. The van der Waals surface area contributed by atoms with Gasteiger partial charge in [0, 0.05) is 18.8 Å². The van der Waals surface area contributed by atoms with Gasteiger partial charge in [-0.15, -0.1) is 0 Å². The van der Waals surface area contributed by atoms with Crippen molar-refractivity contribution in [3.05, 3.63) is 36.3 Å². The minimum atomic E-state index is 0.210. The highest BCUT2D eigenvalue weighted by Gasteiger charge is 2.01. The Balaban J connectivity index is 2.22. The molecule has 0 bridgehead atoms. The van der Waals surface area contributed by atoms with Gasteiger partial charge in [-0.3, -0.25) is 0 Å². The van der Waals surface area contributed by atoms with Crippen LogP contribution in [0.25, 0.3) is 5.65 Å². The zero-order valence-corrected chi connectivity index (χ0v) is 8.10. The monoisotopic (exact) mass is 188 g/mol. The molecule has 0 radical (unpaired) electrons. The van der Waals surface area contributed by atoms with Gasteiger partial charge in [0.25, 0.3) is 0 Å². The van der Waals surface area contributed by atoms with Gasteiger partial charge in [0.1, 0.15) is 11.4 Å². The van der Waals surface area contributed by atoms with Crippen molar-refractivity contribution in [3.8, 4) is 0 Å². The van der Waals surface area contributed by atoms with E-state index >= 15 is 0 Å². The van der Waals surface area contributed by atoms with Crippen LogP contribution in [0, 0.1) is 0 Å². The maximum Gasteiger partial charge on any atom is 0.136 e. The van der Waals surface area contributed by atoms with Crippen molar-refractivity contribution in [3.63, 3.8) is 0 Å². The van der Waals surface area contributed by atoms with Gasteiger partial charge < -0.3 is 9.20 Å². The second-order valence-corrected chi connectivity index (χ2v) is 3.40. The lowest BCUT2D eigenvalue weighted by molar-refractivity contribution is -0.116. The molecule has 14 heavy (non-hydrogen) atoms. The molecule has 0 aliphatic carbocycles. The fourth-order valence-electron chi connectivity index (χ4n) is 1.41. The van der Waals surface area contributed by atoms with Gasteiger partial charge in [-0.05, 0) is 25.5 Å². The molecule has 72 valence electrons. The number of carbonyl (C=O) groups excluding carboxylic acids is 1. The summed E-state index contributed by atoms with van der Waals surface area (Å²) in [4.78, 5) is 15.2. The molecular weight excluding hydrogens is 176 g/mol. The minimum absolute atomic E-state index is 0.210. The van der Waals surface area contributed by atoms with E-state index in [1.54, 1.807) is 6.92 Å². The topological polar surface area (TPSA) is 34.4 Å². The van der Waals surface area contributed by atoms with Gasteiger partial charge >= 0.3 is 0 Å². The summed E-state index contributed by atoms with van der Waals surface area (Å²) in [5.74, 6) is 0.210. The number of nitrogens with zero attached hydrogens (tertiary/aromatic N) is 2. The molecule has 2 heterocycles. The lowest BCUT2D eigenvalue weighted by Crippen LogP contribution is -1.93. The average Bonchev–Trinajstić information content (AvgIpc) is 2.57. The minimum Gasteiger partial charge on any atom is -0.307 e. The zero-order chi connectivity index (χ0) is 9.97. The van der Waals surface area contributed by atoms with E-state index in [0.717, 1.165) is 17.8 Å². The third-order valence-electron chi connectivity index (χ3n) is 2.15. The number of rotatable bonds is 3. The summed E-state index contributed by atoms with van der Waals surface area (Å²) in [6, 6.07) is 5.87. The van der Waals surface area contributed by atoms with E-state index in [2.05, 4.69) is 4.98 Å². The van der Waals surface area contributed by atoms with Crippen LogP contribution >= 0.6 is 0 Å². The van der Waals surface area contributed by atoms with Gasteiger partial charge in [0.15, 0.2) is 0 Å². The highest BCUT2D eigenvalue weighted by molar-refractivity contribution is 5.75. The van der Waals surface area contributed by atoms with E-state index in [1.165, 1.54) is 0 Å². The largest absolute Gasteiger partial charge is 0.307 e. The Morgan fingerprint density at radius 2 is 2.36 bits per heavy atom. The summed E-state index contributed by atoms with van der Waals surface area (Å²) in [5, 5.41) is 0. The standard InChI is InChI=1S/C11H12N2O/c1-9(14)5-6-10-8-13-7-3-2-4-11(13)12-10/h2-4,7-8H,5-6H2,1H3. The van der Waals surface area contributed by atoms with Gasteiger partial charge in [0.05, 0.1) is 5.69 Å². The van der Waals surface area contributed by atoms with Crippen LogP contribution in [0.5, 0.6) is 0 Å². The number of fused-ring (bicyclic) bond motifs is 1. The molecule has 0 N–H and O–H groups in total. The highest BCUT2D eigenvalue weighted by Crippen LogP contribution is 2.06. The SMILES string of the molecule is CC(=O)CCc1cn2ccccc2n1. The number of imidazole rings is 1. The number of Topliss-reactive ketones (excluding diaryl/α,β-unsaturated/α-hetero) is 1. The van der Waals surface area contributed by atoms with Crippen LogP contribution in [0.15, 0.2) is 30.6 Å². The van der Waals surface area contributed by atoms with Crippen molar-refractivity contribution in [1.29, 1.82) is 0 Å². The zero-order valence-electron chi connectivity index (χ0n) is 8.10. The summed E-state index contributed by atoms with van der Waals surface area (Å²) < 4.78 is 1.97. The first-order valence-electron chi connectivity index (χ1n) is 4.68. The first kappa shape index (κ1) is 8.94. The van der Waals surface area contributed by atoms with Crippen molar-refractivity contribution < 1.29 is 4.79 Å². The number of aryl methyl sites for hydroxylation is 1. The smallest absolute Gasteiger partial charge is 0.136 e. The fraction of sp³-hybridized carbons (Fsp3) is 0.273. The van der Waals surface area contributed by atoms with Crippen molar-refractivity contribution in [2.75, 3.05) is 0 Å². The molecule has 0 saturated heterocycles. The van der Waals surface area contributed by atoms with Crippen molar-refractivity contribution in [2.45, 2.75) is 19.8 Å². The molecule has 3 nitrogen and oxygen atoms in total. The first-order chi connectivity index (χ1) is 6.75. The molecule has 0 aliphatic rings. The number of hydrogen-bond acceptors (Lipinski definition) is 2. The summed E-state index contributed by atoms with van der Waals surface area (Å²) in [6.45, 7) is 1.61. The summed E-state index contributed by atoms with van der Waals surface area (Å²) in [5.41, 5.74) is 1.91. The molecule has 2 aromatic heterocycles. The molecule has 2 rings (SSSR count). The predicted octanol–water partition coefficient (Wildman–Crippen LogP) is 1.86. The van der Waals surface area contributed by atoms with E-state index in [1.807, 2.05) is 35.0 Å². The molecule has 0 aliphatic heterocycles. The van der Waals surface area contributed by atoms with Crippen LogP contribution in [0.3, 0.4) is 0 Å². The molecule has 0 spiro atoms. The Hall–Kier alpha value is -1.64. The van der Waals surface area contributed by atoms with Crippen LogP contribution in [-0.4, -0.2) is 15.2 Å². The van der Waals surface area contributed by atoms with Crippen molar-refractivity contribution >= 4 is 11.4 Å². The van der Waals surface area contributed by atoms with Gasteiger partial charge in [-0.2, -0.15) is 0 Å². The molecule has 0 saturated carbocycles. The lowest BCUT2D eigenvalue weighted by Gasteiger charge is -1.89. The Bertz CT molecular complexity index is 426. The molecule has 0 unspecified atom stereocenters. The van der Waals surface area contributed by atoms with Crippen molar-refractivity contribution in [1.82, 2.24) is 9.38 Å². The predicted molar refractivity (Wildman–Crippen MR) is 54.2 cm³/mol. The molecule has 3 heteroatoms. The normalized spacial score (nSPS) is 10.6. The first-order valence-corrected chi connectivity index (χ1v) is 4.68. The van der Waals surface area contributed by atoms with Crippen molar-refractivity contribution in [2.24, 2.45) is 0 Å². The second-order valence-electron chi connectivity index (χ2n) is 3.40. The molecule has 0 fully saturated rings. The molecule has 2 aromatic rings. The molecule has 0 amide bonds. The molecule has 0 aromatic carbocycles. The number of ketones is 1. The molecular formula is C11H12N2O. The quantitative estimate of drug-likeness (QED) is 0.736. The van der Waals surface area contributed by atoms with E-state index in [-0.39, 0.29) is 5.78 Å². The van der Waals surface area contributed by atoms with E-state index in [0.29, 0.717) is 6.42 Å². The van der Waals surface area contributed by atoms with Crippen LogP contribution in [0.1, 0.15) is 19.0 Å². The van der Waals surface area contributed by atoms with E-state index < -0.39 is 0 Å². The Morgan fingerprint density at radius 3 is 3.07 bits per heavy atom.